The van der Waals surface area contributed by atoms with Crippen molar-refractivity contribution in [2.75, 3.05) is 6.54 Å². The Morgan fingerprint density at radius 1 is 1.40 bits per heavy atom. The number of aromatic nitrogens is 1. The van der Waals surface area contributed by atoms with Crippen molar-refractivity contribution in [1.82, 2.24) is 14.8 Å². The summed E-state index contributed by atoms with van der Waals surface area (Å²) in [5, 5.41) is 3.86. The minimum atomic E-state index is -1.11. The molecule has 7 nitrogen and oxygen atoms in total. The molecular weight excluding hydrogens is 282 g/mol. The fraction of sp³-hybridized carbons (Fsp3) is 0.500. The lowest BCUT2D eigenvalue weighted by atomic mass is 9.98. The first kappa shape index (κ1) is 14.4. The molecule has 1 N–H and O–H groups in total. The number of rotatable bonds is 2. The molecule has 1 aromatic rings. The molecule has 1 aromatic heterocycles. The second-order valence-corrected chi connectivity index (χ2v) is 5.97. The maximum absolute atomic E-state index is 12.3. The molecule has 1 saturated heterocycles. The number of nitrogens with one attached hydrogen (secondary N) is 1. The SMILES string of the molecule is Cc1csc(=O)n1CC(=O)N1CC(=O)NC(=O)C1(C)C. The van der Waals surface area contributed by atoms with Crippen LogP contribution in [0.2, 0.25) is 0 Å². The molecule has 2 rings (SSSR count). The average molecular weight is 297 g/mol. The maximum atomic E-state index is 12.3. The lowest BCUT2D eigenvalue weighted by Crippen LogP contribution is -2.66. The first-order valence-corrected chi connectivity index (χ1v) is 6.91. The Labute approximate surface area is 119 Å². The van der Waals surface area contributed by atoms with Gasteiger partial charge in [-0.15, -0.1) is 0 Å². The molecule has 0 bridgehead atoms. The van der Waals surface area contributed by atoms with Crippen LogP contribution in [-0.2, 0) is 20.9 Å². The molecule has 1 fully saturated rings. The van der Waals surface area contributed by atoms with E-state index in [1.807, 2.05) is 0 Å². The van der Waals surface area contributed by atoms with Crippen LogP contribution in [0.25, 0.3) is 0 Å². The van der Waals surface area contributed by atoms with Gasteiger partial charge in [0.1, 0.15) is 18.6 Å². The lowest BCUT2D eigenvalue weighted by Gasteiger charge is -2.40. The van der Waals surface area contributed by atoms with E-state index in [2.05, 4.69) is 5.32 Å². The van der Waals surface area contributed by atoms with Gasteiger partial charge in [-0.1, -0.05) is 11.3 Å². The van der Waals surface area contributed by atoms with Gasteiger partial charge in [-0.05, 0) is 20.8 Å². The summed E-state index contributed by atoms with van der Waals surface area (Å²) in [4.78, 5) is 48.1. The number of nitrogens with zero attached hydrogens (tertiary/aromatic N) is 2. The number of amides is 3. The third-order valence-electron chi connectivity index (χ3n) is 3.36. The van der Waals surface area contributed by atoms with Gasteiger partial charge in [0.05, 0.1) is 0 Å². The summed E-state index contributed by atoms with van der Waals surface area (Å²) in [7, 11) is 0. The smallest absolute Gasteiger partial charge is 0.307 e. The summed E-state index contributed by atoms with van der Waals surface area (Å²) >= 11 is 1.01. The second kappa shape index (κ2) is 4.86. The monoisotopic (exact) mass is 297 g/mol. The quantitative estimate of drug-likeness (QED) is 0.744. The highest BCUT2D eigenvalue weighted by Crippen LogP contribution is 2.18. The van der Waals surface area contributed by atoms with Gasteiger partial charge >= 0.3 is 4.87 Å². The highest BCUT2D eigenvalue weighted by atomic mass is 32.1. The Kier molecular flexibility index (Phi) is 3.51. The Hall–Kier alpha value is -1.96. The van der Waals surface area contributed by atoms with Gasteiger partial charge in [0.25, 0.3) is 5.91 Å². The predicted molar refractivity (Wildman–Crippen MR) is 72.3 cm³/mol. The van der Waals surface area contributed by atoms with Crippen molar-refractivity contribution in [1.29, 1.82) is 0 Å². The zero-order valence-corrected chi connectivity index (χ0v) is 12.2. The van der Waals surface area contributed by atoms with E-state index in [4.69, 9.17) is 0 Å². The van der Waals surface area contributed by atoms with E-state index in [9.17, 15) is 19.2 Å². The summed E-state index contributed by atoms with van der Waals surface area (Å²) < 4.78 is 1.33. The molecule has 0 unspecified atom stereocenters. The van der Waals surface area contributed by atoms with Crippen LogP contribution in [0.5, 0.6) is 0 Å². The summed E-state index contributed by atoms with van der Waals surface area (Å²) in [6, 6.07) is 0. The van der Waals surface area contributed by atoms with Crippen LogP contribution in [-0.4, -0.2) is 39.3 Å². The molecule has 2 heterocycles. The van der Waals surface area contributed by atoms with Crippen LogP contribution in [0.3, 0.4) is 0 Å². The van der Waals surface area contributed by atoms with Gasteiger partial charge in [-0.2, -0.15) is 0 Å². The molecule has 1 aliphatic heterocycles. The molecule has 0 aliphatic carbocycles. The van der Waals surface area contributed by atoms with E-state index in [0.29, 0.717) is 5.69 Å². The number of imide groups is 1. The fourth-order valence-corrected chi connectivity index (χ4v) is 2.73. The van der Waals surface area contributed by atoms with Crippen LogP contribution in [0.1, 0.15) is 19.5 Å². The van der Waals surface area contributed by atoms with Crippen molar-refractivity contribution >= 4 is 29.1 Å². The van der Waals surface area contributed by atoms with Crippen molar-refractivity contribution in [3.8, 4) is 0 Å². The molecular formula is C12H15N3O4S. The largest absolute Gasteiger partial charge is 0.318 e. The Balaban J connectivity index is 2.26. The van der Waals surface area contributed by atoms with Crippen LogP contribution >= 0.6 is 11.3 Å². The van der Waals surface area contributed by atoms with Crippen molar-refractivity contribution in [3.63, 3.8) is 0 Å². The summed E-state index contributed by atoms with van der Waals surface area (Å²) in [5.74, 6) is -1.46. The molecule has 0 spiro atoms. The van der Waals surface area contributed by atoms with Crippen LogP contribution in [0.15, 0.2) is 10.2 Å². The van der Waals surface area contributed by atoms with Crippen LogP contribution in [0, 0.1) is 6.92 Å². The zero-order chi connectivity index (χ0) is 15.1. The minimum absolute atomic E-state index is 0.168. The number of thiazole rings is 1. The van der Waals surface area contributed by atoms with E-state index in [1.165, 1.54) is 9.47 Å². The number of hydrogen-bond donors (Lipinski definition) is 1. The summed E-state index contributed by atoms with van der Waals surface area (Å²) in [5.41, 5.74) is -0.433. The van der Waals surface area contributed by atoms with Gasteiger partial charge in [0.15, 0.2) is 0 Å². The molecule has 20 heavy (non-hydrogen) atoms. The molecule has 0 aromatic carbocycles. The predicted octanol–water partition coefficient (Wildman–Crippen LogP) is -0.518. The van der Waals surface area contributed by atoms with Crippen molar-refractivity contribution in [3.05, 3.63) is 20.7 Å². The lowest BCUT2D eigenvalue weighted by molar-refractivity contribution is -0.155. The summed E-state index contributed by atoms with van der Waals surface area (Å²) in [6.07, 6.45) is 0. The van der Waals surface area contributed by atoms with Crippen molar-refractivity contribution in [2.45, 2.75) is 32.9 Å². The third-order valence-corrected chi connectivity index (χ3v) is 4.24. The van der Waals surface area contributed by atoms with Gasteiger partial charge < -0.3 is 4.90 Å². The second-order valence-electron chi connectivity index (χ2n) is 5.15. The van der Waals surface area contributed by atoms with Crippen molar-refractivity contribution in [2.24, 2.45) is 0 Å². The zero-order valence-electron chi connectivity index (χ0n) is 11.4. The maximum Gasteiger partial charge on any atom is 0.307 e. The first-order valence-electron chi connectivity index (χ1n) is 6.03. The third kappa shape index (κ3) is 2.38. The van der Waals surface area contributed by atoms with Gasteiger partial charge in [-0.3, -0.25) is 29.1 Å². The van der Waals surface area contributed by atoms with E-state index >= 15 is 0 Å². The van der Waals surface area contributed by atoms with Crippen LogP contribution in [0.4, 0.5) is 0 Å². The Morgan fingerprint density at radius 2 is 2.05 bits per heavy atom. The van der Waals surface area contributed by atoms with Crippen LogP contribution < -0.4 is 10.2 Å². The molecule has 0 radical (unpaired) electrons. The van der Waals surface area contributed by atoms with E-state index in [-0.39, 0.29) is 18.0 Å². The van der Waals surface area contributed by atoms with E-state index in [1.54, 1.807) is 26.2 Å². The minimum Gasteiger partial charge on any atom is -0.318 e. The molecule has 3 amide bonds. The van der Waals surface area contributed by atoms with Gasteiger partial charge in [0.2, 0.25) is 11.8 Å². The number of hydrogen-bond acceptors (Lipinski definition) is 5. The number of carbonyl (C=O) groups is 3. The highest BCUT2D eigenvalue weighted by molar-refractivity contribution is 7.07. The number of carbonyl (C=O) groups excluding carboxylic acids is 3. The average Bonchev–Trinajstić information content (AvgIpc) is 2.65. The van der Waals surface area contributed by atoms with E-state index in [0.717, 1.165) is 11.3 Å². The molecule has 1 aliphatic rings. The number of aryl methyl sites for hydroxylation is 1. The number of piperazine rings is 1. The van der Waals surface area contributed by atoms with E-state index < -0.39 is 23.3 Å². The molecule has 8 heteroatoms. The highest BCUT2D eigenvalue weighted by Gasteiger charge is 2.43. The molecule has 0 saturated carbocycles. The van der Waals surface area contributed by atoms with Gasteiger partial charge in [-0.25, -0.2) is 0 Å². The standard InChI is InChI=1S/C12H15N3O4S/c1-7-6-20-11(19)14(7)5-9(17)15-4-8(16)13-10(18)12(15,2)3/h6H,4-5H2,1-3H3,(H,13,16,18). The molecule has 0 atom stereocenters. The van der Waals surface area contributed by atoms with Crippen molar-refractivity contribution < 1.29 is 14.4 Å². The fourth-order valence-electron chi connectivity index (χ4n) is 2.00. The molecule has 108 valence electrons. The Bertz CT molecular complexity index is 643. The first-order chi connectivity index (χ1) is 9.23. The Morgan fingerprint density at radius 3 is 2.60 bits per heavy atom. The topological polar surface area (TPSA) is 88.5 Å². The normalized spacial score (nSPS) is 18.1. The summed E-state index contributed by atoms with van der Waals surface area (Å²) in [6.45, 7) is 4.50. The van der Waals surface area contributed by atoms with Gasteiger partial charge in [0, 0.05) is 11.1 Å².